The third-order valence-electron chi connectivity index (χ3n) is 2.38. The van der Waals surface area contributed by atoms with E-state index >= 15 is 0 Å². The van der Waals surface area contributed by atoms with Crippen molar-refractivity contribution >= 4 is 49.1 Å². The van der Waals surface area contributed by atoms with E-state index in [9.17, 15) is 0 Å². The highest BCUT2D eigenvalue weighted by molar-refractivity contribution is 9.10. The maximum atomic E-state index is 6.04. The number of thiophene rings is 1. The lowest BCUT2D eigenvalue weighted by molar-refractivity contribution is 1.23. The predicted octanol–water partition coefficient (Wildman–Crippen LogP) is 4.77. The van der Waals surface area contributed by atoms with Crippen molar-refractivity contribution in [2.45, 2.75) is 0 Å². The molecule has 0 saturated heterocycles. The summed E-state index contributed by atoms with van der Waals surface area (Å²) >= 11 is 11.1. The Morgan fingerprint density at radius 1 is 1.18 bits per heavy atom. The minimum Gasteiger partial charge on any atom is -0.235 e. The molecule has 0 bridgehead atoms. The van der Waals surface area contributed by atoms with Gasteiger partial charge in [-0.3, -0.25) is 0 Å². The number of aromatic nitrogens is 2. The second-order valence-corrected chi connectivity index (χ2v) is 5.83. The number of fused-ring (bicyclic) bond motifs is 1. The summed E-state index contributed by atoms with van der Waals surface area (Å²) in [6.45, 7) is 0. The zero-order chi connectivity index (χ0) is 11.8. The van der Waals surface area contributed by atoms with Crippen LogP contribution < -0.4 is 0 Å². The summed E-state index contributed by atoms with van der Waals surface area (Å²) in [6.07, 6.45) is 1.49. The summed E-state index contributed by atoms with van der Waals surface area (Å²) in [4.78, 5) is 9.34. The lowest BCUT2D eigenvalue weighted by Gasteiger charge is -1.96. The molecule has 2 aromatic heterocycles. The largest absolute Gasteiger partial charge is 0.235 e. The number of hydrogen-bond acceptors (Lipinski definition) is 3. The van der Waals surface area contributed by atoms with Crippen LogP contribution in [0.25, 0.3) is 20.7 Å². The van der Waals surface area contributed by atoms with Crippen molar-refractivity contribution in [2.24, 2.45) is 0 Å². The summed E-state index contributed by atoms with van der Waals surface area (Å²) in [5.74, 6) is 0. The Labute approximate surface area is 115 Å². The van der Waals surface area contributed by atoms with Gasteiger partial charge in [0.05, 0.1) is 10.2 Å². The van der Waals surface area contributed by atoms with E-state index in [-0.39, 0.29) is 0 Å². The van der Waals surface area contributed by atoms with Crippen LogP contribution >= 0.6 is 38.9 Å². The first kappa shape index (κ1) is 11.1. The van der Waals surface area contributed by atoms with E-state index in [1.807, 2.05) is 18.2 Å². The minimum absolute atomic E-state index is 0.515. The van der Waals surface area contributed by atoms with E-state index < -0.39 is 0 Å². The minimum atomic E-state index is 0.515. The molecule has 2 heterocycles. The number of hydrogen-bond donors (Lipinski definition) is 0. The second kappa shape index (κ2) is 4.37. The maximum absolute atomic E-state index is 6.04. The van der Waals surface area contributed by atoms with Crippen LogP contribution in [0.5, 0.6) is 0 Å². The summed E-state index contributed by atoms with van der Waals surface area (Å²) in [7, 11) is 0. The molecule has 3 aromatic rings. The van der Waals surface area contributed by atoms with E-state index in [0.29, 0.717) is 5.15 Å². The van der Waals surface area contributed by atoms with E-state index in [2.05, 4.69) is 38.0 Å². The van der Waals surface area contributed by atoms with Crippen molar-refractivity contribution in [3.8, 4) is 10.4 Å². The molecular weight excluding hydrogens is 320 g/mol. The highest BCUT2D eigenvalue weighted by Crippen LogP contribution is 2.35. The third kappa shape index (κ3) is 2.08. The first-order chi connectivity index (χ1) is 8.24. The Balaban J connectivity index is 2.22. The molecule has 84 valence electrons. The quantitative estimate of drug-likeness (QED) is 0.602. The monoisotopic (exact) mass is 324 g/mol. The van der Waals surface area contributed by atoms with Crippen LogP contribution in [0.4, 0.5) is 0 Å². The van der Waals surface area contributed by atoms with Gasteiger partial charge in [0, 0.05) is 9.35 Å². The molecular formula is C12H6BrClN2S. The average Bonchev–Trinajstić information content (AvgIpc) is 2.74. The van der Waals surface area contributed by atoms with Crippen LogP contribution in [0.2, 0.25) is 5.15 Å². The van der Waals surface area contributed by atoms with E-state index in [0.717, 1.165) is 25.1 Å². The van der Waals surface area contributed by atoms with Crippen molar-refractivity contribution in [1.29, 1.82) is 0 Å². The smallest absolute Gasteiger partial charge is 0.150 e. The summed E-state index contributed by atoms with van der Waals surface area (Å²) < 4.78 is 1.99. The molecule has 2 nitrogen and oxygen atoms in total. The SMILES string of the molecule is Clc1ncnc2cc(-c3cccc(Br)c3)sc12. The molecule has 0 N–H and O–H groups in total. The van der Waals surface area contributed by atoms with Gasteiger partial charge in [-0.1, -0.05) is 39.7 Å². The van der Waals surface area contributed by atoms with Gasteiger partial charge < -0.3 is 0 Å². The van der Waals surface area contributed by atoms with Crippen LogP contribution in [-0.4, -0.2) is 9.97 Å². The lowest BCUT2D eigenvalue weighted by Crippen LogP contribution is -1.76. The van der Waals surface area contributed by atoms with Gasteiger partial charge in [0.1, 0.15) is 11.5 Å². The number of halogens is 2. The van der Waals surface area contributed by atoms with E-state index in [1.165, 1.54) is 6.33 Å². The normalized spacial score (nSPS) is 10.9. The van der Waals surface area contributed by atoms with Crippen molar-refractivity contribution in [1.82, 2.24) is 9.97 Å². The standard InChI is InChI=1S/C12H6BrClN2S/c13-8-3-1-2-7(4-8)10-5-9-11(17-10)12(14)16-6-15-9/h1-6H. The first-order valence-corrected chi connectivity index (χ1v) is 6.89. The van der Waals surface area contributed by atoms with Crippen LogP contribution in [0.15, 0.2) is 41.1 Å². The van der Waals surface area contributed by atoms with Crippen molar-refractivity contribution < 1.29 is 0 Å². The Hall–Kier alpha value is -0.970. The molecule has 0 atom stereocenters. The van der Waals surface area contributed by atoms with Crippen LogP contribution in [0.3, 0.4) is 0 Å². The molecule has 17 heavy (non-hydrogen) atoms. The highest BCUT2D eigenvalue weighted by atomic mass is 79.9. The Kier molecular flexibility index (Phi) is 2.86. The molecule has 0 fully saturated rings. The number of rotatable bonds is 1. The van der Waals surface area contributed by atoms with Crippen molar-refractivity contribution in [3.05, 3.63) is 46.3 Å². The van der Waals surface area contributed by atoms with Gasteiger partial charge in [-0.15, -0.1) is 11.3 Å². The third-order valence-corrected chi connectivity index (χ3v) is 4.45. The molecule has 5 heteroatoms. The van der Waals surface area contributed by atoms with Gasteiger partial charge in [-0.25, -0.2) is 9.97 Å². The fourth-order valence-electron chi connectivity index (χ4n) is 1.61. The first-order valence-electron chi connectivity index (χ1n) is 4.90. The van der Waals surface area contributed by atoms with Gasteiger partial charge in [0.15, 0.2) is 0 Å². The fraction of sp³-hybridized carbons (Fsp3) is 0. The highest BCUT2D eigenvalue weighted by Gasteiger charge is 2.08. The summed E-state index contributed by atoms with van der Waals surface area (Å²) in [5, 5.41) is 0.515. The van der Waals surface area contributed by atoms with Crippen LogP contribution in [0.1, 0.15) is 0 Å². The van der Waals surface area contributed by atoms with Crippen LogP contribution in [0, 0.1) is 0 Å². The molecule has 0 spiro atoms. The van der Waals surface area contributed by atoms with Gasteiger partial charge in [-0.2, -0.15) is 0 Å². The molecule has 0 aliphatic heterocycles. The molecule has 0 amide bonds. The predicted molar refractivity (Wildman–Crippen MR) is 75.6 cm³/mol. The lowest BCUT2D eigenvalue weighted by atomic mass is 10.2. The number of benzene rings is 1. The summed E-state index contributed by atoms with van der Waals surface area (Å²) in [6, 6.07) is 10.2. The molecule has 0 radical (unpaired) electrons. The molecule has 0 aliphatic carbocycles. The van der Waals surface area contributed by atoms with E-state index in [1.54, 1.807) is 11.3 Å². The van der Waals surface area contributed by atoms with Crippen molar-refractivity contribution in [2.75, 3.05) is 0 Å². The van der Waals surface area contributed by atoms with Gasteiger partial charge in [0.25, 0.3) is 0 Å². The topological polar surface area (TPSA) is 25.8 Å². The molecule has 0 aliphatic rings. The van der Waals surface area contributed by atoms with Crippen LogP contribution in [-0.2, 0) is 0 Å². The van der Waals surface area contributed by atoms with Gasteiger partial charge >= 0.3 is 0 Å². The summed E-state index contributed by atoms with van der Waals surface area (Å²) in [5.41, 5.74) is 2.04. The zero-order valence-electron chi connectivity index (χ0n) is 8.52. The Bertz CT molecular complexity index is 696. The zero-order valence-corrected chi connectivity index (χ0v) is 11.7. The number of nitrogens with zero attached hydrogens (tertiary/aromatic N) is 2. The molecule has 0 saturated carbocycles. The van der Waals surface area contributed by atoms with Crippen molar-refractivity contribution in [3.63, 3.8) is 0 Å². The Morgan fingerprint density at radius 3 is 2.82 bits per heavy atom. The van der Waals surface area contributed by atoms with E-state index in [4.69, 9.17) is 11.6 Å². The van der Waals surface area contributed by atoms with Gasteiger partial charge in [-0.05, 0) is 23.8 Å². The molecule has 0 unspecified atom stereocenters. The molecule has 1 aromatic carbocycles. The molecule has 3 rings (SSSR count). The fourth-order valence-corrected chi connectivity index (χ4v) is 3.25. The maximum Gasteiger partial charge on any atom is 0.150 e. The second-order valence-electron chi connectivity index (χ2n) is 3.50. The average molecular weight is 326 g/mol. The van der Waals surface area contributed by atoms with Gasteiger partial charge in [0.2, 0.25) is 0 Å². The Morgan fingerprint density at radius 2 is 2.06 bits per heavy atom.